The van der Waals surface area contributed by atoms with Gasteiger partial charge in [-0.1, -0.05) is 13.8 Å². The fraction of sp³-hybridized carbons (Fsp3) is 1.00. The van der Waals surface area contributed by atoms with Gasteiger partial charge in [0.25, 0.3) is 0 Å². The largest absolute Gasteiger partial charge is 0.328 e. The highest BCUT2D eigenvalue weighted by atomic mass is 32.2. The average Bonchev–Trinajstić information content (AvgIpc) is 2.49. The molecule has 0 aromatic rings. The van der Waals surface area contributed by atoms with E-state index in [1.54, 1.807) is 0 Å². The summed E-state index contributed by atoms with van der Waals surface area (Å²) in [4.78, 5) is 2.66. The number of nitrogens with two attached hydrogens (primary N) is 1. The molecule has 0 aromatic heterocycles. The van der Waals surface area contributed by atoms with Gasteiger partial charge in [0.15, 0.2) is 0 Å². The van der Waals surface area contributed by atoms with E-state index >= 15 is 0 Å². The van der Waals surface area contributed by atoms with Gasteiger partial charge in [0.1, 0.15) is 0 Å². The van der Waals surface area contributed by atoms with E-state index in [4.69, 9.17) is 5.73 Å². The molecule has 2 nitrogen and oxygen atoms in total. The lowest BCUT2D eigenvalue weighted by Crippen LogP contribution is -2.42. The van der Waals surface area contributed by atoms with E-state index in [2.05, 4.69) is 30.5 Å². The first kappa shape index (κ1) is 11.7. The summed E-state index contributed by atoms with van der Waals surface area (Å²) in [6, 6.07) is 0.490. The molecule has 1 aliphatic carbocycles. The number of nitrogens with zero attached hydrogens (tertiary/aromatic N) is 1. The van der Waals surface area contributed by atoms with Gasteiger partial charge in [-0.3, -0.25) is 0 Å². The molecule has 4 unspecified atom stereocenters. The molecule has 0 spiro atoms. The van der Waals surface area contributed by atoms with Crippen molar-refractivity contribution in [3.8, 4) is 0 Å². The SMILES string of the molecule is CC1CN(CC2CCC(N)C2)CC(C)S1. The Labute approximate surface area is 98.0 Å². The lowest BCUT2D eigenvalue weighted by molar-refractivity contribution is 0.229. The van der Waals surface area contributed by atoms with Crippen molar-refractivity contribution in [3.63, 3.8) is 0 Å². The summed E-state index contributed by atoms with van der Waals surface area (Å²) in [5, 5.41) is 1.62. The molecule has 0 bridgehead atoms. The normalized spacial score (nSPS) is 43.4. The van der Waals surface area contributed by atoms with Crippen molar-refractivity contribution in [2.45, 2.75) is 49.7 Å². The molecule has 3 heteroatoms. The van der Waals surface area contributed by atoms with Crippen LogP contribution in [0.15, 0.2) is 0 Å². The van der Waals surface area contributed by atoms with Crippen LogP contribution in [-0.2, 0) is 0 Å². The third-order valence-corrected chi connectivity index (χ3v) is 4.82. The van der Waals surface area contributed by atoms with Crippen LogP contribution < -0.4 is 5.73 Å². The molecule has 0 radical (unpaired) electrons. The van der Waals surface area contributed by atoms with Crippen molar-refractivity contribution in [1.82, 2.24) is 4.90 Å². The number of hydrogen-bond donors (Lipinski definition) is 1. The van der Waals surface area contributed by atoms with Crippen molar-refractivity contribution in [3.05, 3.63) is 0 Å². The van der Waals surface area contributed by atoms with Gasteiger partial charge in [0, 0.05) is 36.2 Å². The fourth-order valence-electron chi connectivity index (χ4n) is 3.08. The van der Waals surface area contributed by atoms with Crippen molar-refractivity contribution in [2.75, 3.05) is 19.6 Å². The summed E-state index contributed by atoms with van der Waals surface area (Å²) < 4.78 is 0. The molecule has 2 rings (SSSR count). The monoisotopic (exact) mass is 228 g/mol. The predicted molar refractivity (Wildman–Crippen MR) is 68.3 cm³/mol. The van der Waals surface area contributed by atoms with Crippen LogP contribution in [0, 0.1) is 5.92 Å². The molecular formula is C12H24N2S. The maximum atomic E-state index is 5.96. The van der Waals surface area contributed by atoms with Gasteiger partial charge in [-0.25, -0.2) is 0 Å². The molecule has 1 saturated heterocycles. The molecule has 88 valence electrons. The van der Waals surface area contributed by atoms with Crippen LogP contribution in [0.1, 0.15) is 33.1 Å². The summed E-state index contributed by atoms with van der Waals surface area (Å²) in [7, 11) is 0. The topological polar surface area (TPSA) is 29.3 Å². The first-order valence-corrected chi connectivity index (χ1v) is 7.21. The molecule has 2 fully saturated rings. The minimum atomic E-state index is 0.490. The highest BCUT2D eigenvalue weighted by molar-refractivity contribution is 8.00. The van der Waals surface area contributed by atoms with Crippen LogP contribution in [0.25, 0.3) is 0 Å². The van der Waals surface area contributed by atoms with Gasteiger partial charge in [-0.2, -0.15) is 11.8 Å². The van der Waals surface area contributed by atoms with E-state index in [0.717, 1.165) is 16.4 Å². The average molecular weight is 228 g/mol. The second kappa shape index (κ2) is 5.07. The molecule has 0 aromatic carbocycles. The Morgan fingerprint density at radius 1 is 1.20 bits per heavy atom. The van der Waals surface area contributed by atoms with Crippen LogP contribution >= 0.6 is 11.8 Å². The Bertz CT molecular complexity index is 200. The second-order valence-electron chi connectivity index (χ2n) is 5.42. The Balaban J connectivity index is 1.78. The molecule has 1 saturated carbocycles. The van der Waals surface area contributed by atoms with Gasteiger partial charge in [-0.05, 0) is 25.2 Å². The standard InChI is InChI=1S/C12H24N2S/c1-9-6-14(7-10(2)15-9)8-11-3-4-12(13)5-11/h9-12H,3-8,13H2,1-2H3. The highest BCUT2D eigenvalue weighted by Crippen LogP contribution is 2.29. The molecule has 2 N–H and O–H groups in total. The third kappa shape index (κ3) is 3.36. The highest BCUT2D eigenvalue weighted by Gasteiger charge is 2.27. The van der Waals surface area contributed by atoms with Crippen LogP contribution in [0.4, 0.5) is 0 Å². The maximum Gasteiger partial charge on any atom is 0.0149 e. The first-order valence-electron chi connectivity index (χ1n) is 6.27. The summed E-state index contributed by atoms with van der Waals surface area (Å²) in [6.07, 6.45) is 3.86. The Kier molecular flexibility index (Phi) is 3.97. The summed E-state index contributed by atoms with van der Waals surface area (Å²) in [6.45, 7) is 8.56. The fourth-order valence-corrected chi connectivity index (χ4v) is 4.46. The number of thioether (sulfide) groups is 1. The van der Waals surface area contributed by atoms with Crippen molar-refractivity contribution < 1.29 is 0 Å². The Morgan fingerprint density at radius 2 is 1.87 bits per heavy atom. The smallest absolute Gasteiger partial charge is 0.0149 e. The molecule has 15 heavy (non-hydrogen) atoms. The molecule has 1 aliphatic heterocycles. The minimum absolute atomic E-state index is 0.490. The van der Waals surface area contributed by atoms with E-state index in [9.17, 15) is 0 Å². The van der Waals surface area contributed by atoms with Crippen LogP contribution in [0.3, 0.4) is 0 Å². The van der Waals surface area contributed by atoms with Crippen LogP contribution in [-0.4, -0.2) is 41.1 Å². The molecule has 1 heterocycles. The number of hydrogen-bond acceptors (Lipinski definition) is 3. The Morgan fingerprint density at radius 3 is 2.40 bits per heavy atom. The molecular weight excluding hydrogens is 204 g/mol. The molecule has 2 aliphatic rings. The minimum Gasteiger partial charge on any atom is -0.328 e. The van der Waals surface area contributed by atoms with Gasteiger partial charge in [-0.15, -0.1) is 0 Å². The van der Waals surface area contributed by atoms with E-state index in [1.807, 2.05) is 0 Å². The maximum absolute atomic E-state index is 5.96. The Hall–Kier alpha value is 0.270. The van der Waals surface area contributed by atoms with Crippen molar-refractivity contribution in [1.29, 1.82) is 0 Å². The summed E-state index contributed by atoms with van der Waals surface area (Å²) in [5.41, 5.74) is 5.96. The third-order valence-electron chi connectivity index (χ3n) is 3.59. The predicted octanol–water partition coefficient (Wildman–Crippen LogP) is 1.94. The lowest BCUT2D eigenvalue weighted by Gasteiger charge is -2.36. The van der Waals surface area contributed by atoms with Crippen molar-refractivity contribution in [2.24, 2.45) is 11.7 Å². The van der Waals surface area contributed by atoms with Crippen LogP contribution in [0.2, 0.25) is 0 Å². The van der Waals surface area contributed by atoms with Gasteiger partial charge >= 0.3 is 0 Å². The van der Waals surface area contributed by atoms with E-state index in [0.29, 0.717) is 6.04 Å². The van der Waals surface area contributed by atoms with Gasteiger partial charge < -0.3 is 10.6 Å². The van der Waals surface area contributed by atoms with E-state index in [1.165, 1.54) is 38.9 Å². The first-order chi connectivity index (χ1) is 7.13. The van der Waals surface area contributed by atoms with Gasteiger partial charge in [0.2, 0.25) is 0 Å². The molecule has 4 atom stereocenters. The van der Waals surface area contributed by atoms with Gasteiger partial charge in [0.05, 0.1) is 0 Å². The number of rotatable bonds is 2. The zero-order chi connectivity index (χ0) is 10.8. The van der Waals surface area contributed by atoms with E-state index < -0.39 is 0 Å². The van der Waals surface area contributed by atoms with Crippen molar-refractivity contribution >= 4 is 11.8 Å². The van der Waals surface area contributed by atoms with E-state index in [-0.39, 0.29) is 0 Å². The molecule has 0 amide bonds. The zero-order valence-corrected chi connectivity index (χ0v) is 10.8. The quantitative estimate of drug-likeness (QED) is 0.783. The zero-order valence-electron chi connectivity index (χ0n) is 9.98. The second-order valence-corrected chi connectivity index (χ2v) is 7.30. The van der Waals surface area contributed by atoms with Crippen LogP contribution in [0.5, 0.6) is 0 Å². The lowest BCUT2D eigenvalue weighted by atomic mass is 10.1. The summed E-state index contributed by atoms with van der Waals surface area (Å²) in [5.74, 6) is 0.877. The summed E-state index contributed by atoms with van der Waals surface area (Å²) >= 11 is 2.14.